The smallest absolute Gasteiger partial charge is 0.258 e. The van der Waals surface area contributed by atoms with Crippen molar-refractivity contribution >= 4 is 22.1 Å². The summed E-state index contributed by atoms with van der Waals surface area (Å²) in [6, 6.07) is 20.2. The third-order valence-electron chi connectivity index (χ3n) is 4.51. The van der Waals surface area contributed by atoms with Crippen LogP contribution < -0.4 is 10.1 Å². The zero-order valence-electron chi connectivity index (χ0n) is 16.8. The van der Waals surface area contributed by atoms with Crippen molar-refractivity contribution in [1.82, 2.24) is 10.1 Å². The first-order chi connectivity index (χ1) is 14.8. The molecule has 31 heavy (non-hydrogen) atoms. The van der Waals surface area contributed by atoms with Crippen LogP contribution in [0.4, 0.5) is 4.39 Å². The summed E-state index contributed by atoms with van der Waals surface area (Å²) in [5, 5.41) is 3.78. The highest BCUT2D eigenvalue weighted by atomic mass is 32.2. The van der Waals surface area contributed by atoms with Crippen LogP contribution in [0.3, 0.4) is 0 Å². The van der Waals surface area contributed by atoms with Crippen molar-refractivity contribution in [2.24, 2.45) is 5.10 Å². The maximum absolute atomic E-state index is 13.7. The van der Waals surface area contributed by atoms with E-state index in [-0.39, 0.29) is 16.9 Å². The molecule has 0 aliphatic carbocycles. The van der Waals surface area contributed by atoms with Gasteiger partial charge in [-0.15, -0.1) is 0 Å². The van der Waals surface area contributed by atoms with E-state index in [1.807, 2.05) is 13.0 Å². The maximum Gasteiger partial charge on any atom is 0.258 e. The third kappa shape index (κ3) is 6.31. The highest BCUT2D eigenvalue weighted by Crippen LogP contribution is 2.12. The van der Waals surface area contributed by atoms with Gasteiger partial charge in [0.25, 0.3) is 5.91 Å². The minimum Gasteiger partial charge on any atom is -0.271 e. The van der Waals surface area contributed by atoms with E-state index in [1.54, 1.807) is 48.5 Å². The minimum atomic E-state index is -3.95. The highest BCUT2D eigenvalue weighted by Gasteiger charge is 2.26. The molecule has 0 saturated carbocycles. The third-order valence-corrected chi connectivity index (χ3v) is 6.00. The number of carbonyl (C=O) groups excluding carboxylic acids is 1. The highest BCUT2D eigenvalue weighted by molar-refractivity contribution is 7.89. The molecule has 0 bridgehead atoms. The topological polar surface area (TPSA) is 87.6 Å². The average molecular weight is 440 g/mol. The van der Waals surface area contributed by atoms with Crippen LogP contribution in [-0.2, 0) is 21.2 Å². The average Bonchev–Trinajstić information content (AvgIpc) is 2.75. The predicted octanol–water partition coefficient (Wildman–Crippen LogP) is 3.17. The Bertz CT molecular complexity index is 1160. The summed E-state index contributed by atoms with van der Waals surface area (Å²) in [5.41, 5.74) is 4.18. The molecule has 0 unspecified atom stereocenters. The first-order valence-electron chi connectivity index (χ1n) is 9.55. The van der Waals surface area contributed by atoms with Crippen molar-refractivity contribution in [2.45, 2.75) is 24.3 Å². The van der Waals surface area contributed by atoms with Crippen LogP contribution in [0.2, 0.25) is 0 Å². The van der Waals surface area contributed by atoms with Gasteiger partial charge in [0.15, 0.2) is 0 Å². The molecule has 1 atom stereocenters. The van der Waals surface area contributed by atoms with Crippen LogP contribution in [0.15, 0.2) is 88.9 Å². The second-order valence-electron chi connectivity index (χ2n) is 6.93. The molecule has 0 aliphatic rings. The van der Waals surface area contributed by atoms with E-state index in [9.17, 15) is 17.6 Å². The van der Waals surface area contributed by atoms with Crippen LogP contribution in [0.5, 0.6) is 0 Å². The second-order valence-corrected chi connectivity index (χ2v) is 8.65. The lowest BCUT2D eigenvalue weighted by molar-refractivity contribution is -0.122. The Morgan fingerprint density at radius 1 is 1.00 bits per heavy atom. The van der Waals surface area contributed by atoms with Gasteiger partial charge >= 0.3 is 0 Å². The Hall–Kier alpha value is -3.36. The molecule has 0 heterocycles. The summed E-state index contributed by atoms with van der Waals surface area (Å²) in [6.07, 6.45) is 1.29. The fourth-order valence-electron chi connectivity index (χ4n) is 2.83. The molecule has 160 valence electrons. The van der Waals surface area contributed by atoms with E-state index in [2.05, 4.69) is 15.2 Å². The van der Waals surface area contributed by atoms with Crippen LogP contribution >= 0.6 is 0 Å². The molecule has 0 fully saturated rings. The predicted molar refractivity (Wildman–Crippen MR) is 118 cm³/mol. The quantitative estimate of drug-likeness (QED) is 0.417. The van der Waals surface area contributed by atoms with Gasteiger partial charge in [-0.1, -0.05) is 66.2 Å². The number of hydrazone groups is 1. The van der Waals surface area contributed by atoms with E-state index in [0.29, 0.717) is 0 Å². The zero-order chi connectivity index (χ0) is 22.3. The Labute approximate surface area is 180 Å². The number of benzene rings is 3. The Balaban J connectivity index is 1.79. The summed E-state index contributed by atoms with van der Waals surface area (Å²) >= 11 is 0. The number of aryl methyl sites for hydroxylation is 1. The number of amides is 1. The van der Waals surface area contributed by atoms with Crippen molar-refractivity contribution in [3.63, 3.8) is 0 Å². The monoisotopic (exact) mass is 439 g/mol. The van der Waals surface area contributed by atoms with E-state index in [0.717, 1.165) is 11.1 Å². The van der Waals surface area contributed by atoms with Crippen LogP contribution in [0, 0.1) is 12.7 Å². The van der Waals surface area contributed by atoms with Gasteiger partial charge < -0.3 is 0 Å². The van der Waals surface area contributed by atoms with Gasteiger partial charge in [0.1, 0.15) is 11.9 Å². The standard InChI is InChI=1S/C23H22FN3O3S/c1-17-11-13-20(14-12-17)31(29,30)27-22(15-18-7-3-2-4-8-18)23(28)26-25-16-19-9-5-6-10-21(19)24/h2-14,16,22,27H,15H2,1H3,(H,26,28)/b25-16+/t22-/m0/s1. The largest absolute Gasteiger partial charge is 0.271 e. The number of hydrogen-bond donors (Lipinski definition) is 2. The second kappa shape index (κ2) is 10.1. The molecular weight excluding hydrogens is 417 g/mol. The van der Waals surface area contributed by atoms with Crippen LogP contribution in [-0.4, -0.2) is 26.6 Å². The van der Waals surface area contributed by atoms with E-state index >= 15 is 0 Å². The number of rotatable bonds is 8. The van der Waals surface area contributed by atoms with Gasteiger partial charge in [-0.25, -0.2) is 18.2 Å². The maximum atomic E-state index is 13.7. The zero-order valence-corrected chi connectivity index (χ0v) is 17.6. The fourth-order valence-corrected chi connectivity index (χ4v) is 4.03. The molecular formula is C23H22FN3O3S. The molecule has 2 N–H and O–H groups in total. The van der Waals surface area contributed by atoms with E-state index in [4.69, 9.17) is 0 Å². The van der Waals surface area contributed by atoms with Gasteiger partial charge in [0.2, 0.25) is 10.0 Å². The van der Waals surface area contributed by atoms with Gasteiger partial charge in [-0.3, -0.25) is 4.79 Å². The number of carbonyl (C=O) groups is 1. The van der Waals surface area contributed by atoms with Crippen molar-refractivity contribution < 1.29 is 17.6 Å². The molecule has 8 heteroatoms. The Kier molecular flexibility index (Phi) is 7.28. The molecule has 3 rings (SSSR count). The minimum absolute atomic E-state index is 0.0545. The normalized spacial score (nSPS) is 12.6. The van der Waals surface area contributed by atoms with Gasteiger partial charge in [-0.2, -0.15) is 9.82 Å². The fraction of sp³-hybridized carbons (Fsp3) is 0.130. The first-order valence-corrected chi connectivity index (χ1v) is 11.0. The molecule has 0 aromatic heterocycles. The number of nitrogens with one attached hydrogen (secondary N) is 2. The van der Waals surface area contributed by atoms with Crippen molar-refractivity contribution in [1.29, 1.82) is 0 Å². The molecule has 0 spiro atoms. The number of hydrogen-bond acceptors (Lipinski definition) is 4. The SMILES string of the molecule is Cc1ccc(S(=O)(=O)N[C@@H](Cc2ccccc2)C(=O)N/N=C/c2ccccc2F)cc1. The molecule has 6 nitrogen and oxygen atoms in total. The summed E-state index contributed by atoms with van der Waals surface area (Å²) in [5.74, 6) is -1.14. The van der Waals surface area contributed by atoms with Crippen molar-refractivity contribution in [3.05, 3.63) is 101 Å². The van der Waals surface area contributed by atoms with E-state index in [1.165, 1.54) is 30.5 Å². The summed E-state index contributed by atoms with van der Waals surface area (Å²) in [6.45, 7) is 1.85. The molecule has 0 aliphatic heterocycles. The summed E-state index contributed by atoms with van der Waals surface area (Å²) in [7, 11) is -3.95. The van der Waals surface area contributed by atoms with Gasteiger partial charge in [0.05, 0.1) is 11.1 Å². The lowest BCUT2D eigenvalue weighted by Crippen LogP contribution is -2.46. The number of nitrogens with zero attached hydrogens (tertiary/aromatic N) is 1. The number of sulfonamides is 1. The number of halogens is 1. The lowest BCUT2D eigenvalue weighted by atomic mass is 10.1. The first kappa shape index (κ1) is 22.3. The van der Waals surface area contributed by atoms with Crippen LogP contribution in [0.1, 0.15) is 16.7 Å². The molecule has 3 aromatic carbocycles. The van der Waals surface area contributed by atoms with Crippen molar-refractivity contribution in [3.8, 4) is 0 Å². The Morgan fingerprint density at radius 2 is 1.65 bits per heavy atom. The van der Waals surface area contributed by atoms with Gasteiger partial charge in [-0.05, 0) is 37.1 Å². The molecule has 3 aromatic rings. The summed E-state index contributed by atoms with van der Waals surface area (Å²) < 4.78 is 41.8. The van der Waals surface area contributed by atoms with Gasteiger partial charge in [0, 0.05) is 5.56 Å². The molecule has 0 radical (unpaired) electrons. The molecule has 1 amide bonds. The lowest BCUT2D eigenvalue weighted by Gasteiger charge is -2.17. The van der Waals surface area contributed by atoms with Crippen LogP contribution in [0.25, 0.3) is 0 Å². The molecule has 0 saturated heterocycles. The van der Waals surface area contributed by atoms with Crippen molar-refractivity contribution in [2.75, 3.05) is 0 Å². The van der Waals surface area contributed by atoms with E-state index < -0.39 is 27.8 Å². The summed E-state index contributed by atoms with van der Waals surface area (Å²) in [4.78, 5) is 12.8. The Morgan fingerprint density at radius 3 is 2.32 bits per heavy atom.